The predicted octanol–water partition coefficient (Wildman–Crippen LogP) is 5.65. The summed E-state index contributed by atoms with van der Waals surface area (Å²) < 4.78 is 11.8. The summed E-state index contributed by atoms with van der Waals surface area (Å²) in [5.41, 5.74) is -0.00286. The van der Waals surface area contributed by atoms with Gasteiger partial charge in [-0.3, -0.25) is 4.79 Å². The van der Waals surface area contributed by atoms with Gasteiger partial charge in [0.05, 0.1) is 6.61 Å². The van der Waals surface area contributed by atoms with E-state index in [1.807, 2.05) is 31.2 Å². The average Bonchev–Trinajstić information content (AvgIpc) is 2.77. The quantitative estimate of drug-likeness (QED) is 0.397. The van der Waals surface area contributed by atoms with Crippen LogP contribution in [0.1, 0.15) is 78.6 Å². The number of unbranched alkanes of at least 4 members (excludes halogenated alkanes) is 2. The molecule has 0 bridgehead atoms. The van der Waals surface area contributed by atoms with E-state index in [9.17, 15) is 4.79 Å². The van der Waals surface area contributed by atoms with Gasteiger partial charge in [0.2, 0.25) is 0 Å². The lowest BCUT2D eigenvalue weighted by molar-refractivity contribution is -0.140. The van der Waals surface area contributed by atoms with E-state index in [1.165, 1.54) is 32.4 Å². The summed E-state index contributed by atoms with van der Waals surface area (Å²) in [5.74, 6) is 0.779. The fraction of sp³-hybridized carbons (Fsp3) is 0.720. The predicted molar refractivity (Wildman–Crippen MR) is 124 cm³/mol. The number of hydrogen-bond donors (Lipinski definition) is 1. The largest absolute Gasteiger partial charge is 0.494 e. The molecule has 1 saturated heterocycles. The number of carbonyl (C=O) groups excluding carboxylic acids is 1. The molecule has 0 radical (unpaired) electrons. The first-order valence-electron chi connectivity index (χ1n) is 12.0. The van der Waals surface area contributed by atoms with Gasteiger partial charge in [0, 0.05) is 18.8 Å². The zero-order valence-corrected chi connectivity index (χ0v) is 19.4. The molecule has 0 aromatic heterocycles. The minimum absolute atomic E-state index is 0.0674. The van der Waals surface area contributed by atoms with E-state index in [4.69, 9.17) is 9.47 Å². The Bertz CT molecular complexity index is 599. The average molecular weight is 419 g/mol. The topological polar surface area (TPSA) is 50.8 Å². The number of nitrogens with one attached hydrogen (secondary N) is 1. The summed E-state index contributed by atoms with van der Waals surface area (Å²) in [5, 5.41) is 3.03. The van der Waals surface area contributed by atoms with Crippen LogP contribution in [0.15, 0.2) is 24.3 Å². The van der Waals surface area contributed by atoms with E-state index in [0.717, 1.165) is 63.1 Å². The van der Waals surface area contributed by atoms with E-state index in [0.29, 0.717) is 6.61 Å². The molecule has 30 heavy (non-hydrogen) atoms. The van der Waals surface area contributed by atoms with Crippen LogP contribution in [0.2, 0.25) is 0 Å². The summed E-state index contributed by atoms with van der Waals surface area (Å²) >= 11 is 0. The van der Waals surface area contributed by atoms with Crippen molar-refractivity contribution in [3.05, 3.63) is 24.3 Å². The molecule has 1 atom stereocenters. The van der Waals surface area contributed by atoms with Crippen LogP contribution >= 0.6 is 0 Å². The van der Waals surface area contributed by atoms with Crippen molar-refractivity contribution in [3.8, 4) is 5.75 Å². The molecule has 1 aromatic rings. The van der Waals surface area contributed by atoms with Crippen molar-refractivity contribution >= 4 is 11.6 Å². The van der Waals surface area contributed by atoms with E-state index in [2.05, 4.69) is 24.1 Å². The second-order valence-electron chi connectivity index (χ2n) is 8.62. The number of rotatable bonds is 14. The zero-order valence-electron chi connectivity index (χ0n) is 19.4. The highest BCUT2D eigenvalue weighted by Crippen LogP contribution is 2.24. The normalized spacial score (nSPS) is 16.8. The minimum Gasteiger partial charge on any atom is -0.494 e. The van der Waals surface area contributed by atoms with Crippen molar-refractivity contribution in [2.45, 2.75) is 84.2 Å². The Morgan fingerprint density at radius 3 is 2.40 bits per heavy atom. The first-order chi connectivity index (χ1) is 14.6. The zero-order chi connectivity index (χ0) is 21.7. The van der Waals surface area contributed by atoms with Gasteiger partial charge in [-0.2, -0.15) is 0 Å². The third kappa shape index (κ3) is 8.65. The third-order valence-electron chi connectivity index (χ3n) is 5.81. The van der Waals surface area contributed by atoms with Gasteiger partial charge >= 0.3 is 0 Å². The molecule has 5 heteroatoms. The number of piperidine rings is 1. The maximum Gasteiger partial charge on any atom is 0.256 e. The Balaban J connectivity index is 1.78. The Morgan fingerprint density at radius 2 is 1.73 bits per heavy atom. The Labute approximate surface area is 183 Å². The number of anilines is 1. The molecule has 1 aromatic carbocycles. The molecule has 1 aliphatic heterocycles. The Morgan fingerprint density at radius 1 is 1.00 bits per heavy atom. The molecule has 2 rings (SSSR count). The molecule has 1 unspecified atom stereocenters. The fourth-order valence-corrected chi connectivity index (χ4v) is 3.85. The van der Waals surface area contributed by atoms with Crippen LogP contribution in [0.3, 0.4) is 0 Å². The third-order valence-corrected chi connectivity index (χ3v) is 5.81. The maximum atomic E-state index is 12.9. The number of ether oxygens (including phenoxy) is 2. The number of nitrogens with zero attached hydrogens (tertiary/aromatic N) is 1. The number of likely N-dealkylation sites (tertiary alicyclic amines) is 1. The molecule has 0 saturated carbocycles. The molecule has 0 aliphatic carbocycles. The number of carbonyl (C=O) groups is 1. The van der Waals surface area contributed by atoms with Gasteiger partial charge in [-0.1, -0.05) is 39.5 Å². The van der Waals surface area contributed by atoms with E-state index < -0.39 is 5.60 Å². The van der Waals surface area contributed by atoms with Gasteiger partial charge in [0.25, 0.3) is 5.91 Å². The van der Waals surface area contributed by atoms with Crippen LogP contribution in [0.4, 0.5) is 5.69 Å². The molecule has 5 nitrogen and oxygen atoms in total. The van der Waals surface area contributed by atoms with Crippen LogP contribution < -0.4 is 10.1 Å². The second-order valence-corrected chi connectivity index (χ2v) is 8.62. The lowest BCUT2D eigenvalue weighted by Crippen LogP contribution is -2.43. The number of amides is 1. The number of hydrogen-bond acceptors (Lipinski definition) is 4. The standard InChI is InChI=1S/C25H42N2O3/c1-4-6-8-16-25(3,30-20-5-2)24(28)26-22-12-14-23(15-13-22)29-21-11-19-27-17-9-7-10-18-27/h12-15H,4-11,16-21H2,1-3H3,(H,26,28). The molecular weight excluding hydrogens is 376 g/mol. The Kier molecular flexibility index (Phi) is 11.2. The smallest absolute Gasteiger partial charge is 0.256 e. The van der Waals surface area contributed by atoms with Gasteiger partial charge in [0.1, 0.15) is 11.4 Å². The summed E-state index contributed by atoms with van der Waals surface area (Å²) in [6, 6.07) is 7.67. The van der Waals surface area contributed by atoms with Crippen molar-refractivity contribution in [2.75, 3.05) is 38.2 Å². The molecule has 1 fully saturated rings. The monoisotopic (exact) mass is 418 g/mol. The fourth-order valence-electron chi connectivity index (χ4n) is 3.85. The van der Waals surface area contributed by atoms with Crippen LogP contribution in [0.5, 0.6) is 5.75 Å². The van der Waals surface area contributed by atoms with Crippen molar-refractivity contribution in [1.82, 2.24) is 4.90 Å². The first kappa shape index (κ1) is 24.7. The van der Waals surface area contributed by atoms with E-state index >= 15 is 0 Å². The molecule has 1 aliphatic rings. The highest BCUT2D eigenvalue weighted by atomic mass is 16.5. The molecule has 170 valence electrons. The minimum atomic E-state index is -0.783. The molecule has 1 amide bonds. The van der Waals surface area contributed by atoms with Crippen LogP contribution in [0, 0.1) is 0 Å². The molecule has 1 N–H and O–H groups in total. The van der Waals surface area contributed by atoms with Gasteiger partial charge in [-0.25, -0.2) is 0 Å². The Hall–Kier alpha value is -1.59. The molecule has 1 heterocycles. The van der Waals surface area contributed by atoms with Crippen molar-refractivity contribution in [3.63, 3.8) is 0 Å². The van der Waals surface area contributed by atoms with Crippen molar-refractivity contribution < 1.29 is 14.3 Å². The van der Waals surface area contributed by atoms with Gasteiger partial charge < -0.3 is 19.7 Å². The molecular formula is C25H42N2O3. The van der Waals surface area contributed by atoms with Gasteiger partial charge in [-0.05, 0) is 76.4 Å². The first-order valence-corrected chi connectivity index (χ1v) is 12.0. The lowest BCUT2D eigenvalue weighted by Gasteiger charge is -2.28. The van der Waals surface area contributed by atoms with Crippen LogP contribution in [-0.2, 0) is 9.53 Å². The van der Waals surface area contributed by atoms with Crippen LogP contribution in [0.25, 0.3) is 0 Å². The summed E-state index contributed by atoms with van der Waals surface area (Å²) in [4.78, 5) is 15.4. The summed E-state index contributed by atoms with van der Waals surface area (Å²) in [7, 11) is 0. The van der Waals surface area contributed by atoms with E-state index in [-0.39, 0.29) is 5.91 Å². The number of benzene rings is 1. The highest BCUT2D eigenvalue weighted by Gasteiger charge is 2.33. The van der Waals surface area contributed by atoms with Crippen molar-refractivity contribution in [2.24, 2.45) is 0 Å². The summed E-state index contributed by atoms with van der Waals surface area (Å²) in [6.07, 6.45) is 9.96. The van der Waals surface area contributed by atoms with Crippen LogP contribution in [-0.4, -0.2) is 49.3 Å². The summed E-state index contributed by atoms with van der Waals surface area (Å²) in [6.45, 7) is 11.0. The highest BCUT2D eigenvalue weighted by molar-refractivity contribution is 5.97. The second kappa shape index (κ2) is 13.7. The SMILES string of the molecule is CCCCCC(C)(OCCC)C(=O)Nc1ccc(OCCCN2CCCCC2)cc1. The van der Waals surface area contributed by atoms with E-state index in [1.54, 1.807) is 0 Å². The van der Waals surface area contributed by atoms with Gasteiger partial charge in [0.15, 0.2) is 0 Å². The lowest BCUT2D eigenvalue weighted by atomic mass is 9.96. The maximum absolute atomic E-state index is 12.9. The van der Waals surface area contributed by atoms with Gasteiger partial charge in [-0.15, -0.1) is 0 Å². The molecule has 0 spiro atoms. The van der Waals surface area contributed by atoms with Crippen molar-refractivity contribution in [1.29, 1.82) is 0 Å².